The molecular weight excluding hydrogens is 402 g/mol. The standard InChI is InChI=1S/C18H22ClN5OS2/c1-12-8-9-23(15-10-13(19)6-7-16(15)27-12)17(25)11-26-18-20-21-22-24(18)14-4-2-3-5-14/h6-7,10,12,14H,2-5,8-9,11H2,1H3. The van der Waals surface area contributed by atoms with Crippen molar-refractivity contribution in [3.63, 3.8) is 0 Å². The molecule has 1 aliphatic carbocycles. The van der Waals surface area contributed by atoms with Gasteiger partial charge in [0.1, 0.15) is 0 Å². The van der Waals surface area contributed by atoms with E-state index in [-0.39, 0.29) is 5.91 Å². The van der Waals surface area contributed by atoms with Crippen molar-refractivity contribution >= 4 is 46.7 Å². The van der Waals surface area contributed by atoms with Crippen LogP contribution in [0.15, 0.2) is 28.3 Å². The highest BCUT2D eigenvalue weighted by atomic mass is 35.5. The van der Waals surface area contributed by atoms with Crippen molar-refractivity contribution in [2.45, 2.75) is 60.4 Å². The number of halogens is 1. The van der Waals surface area contributed by atoms with Crippen molar-refractivity contribution in [1.29, 1.82) is 0 Å². The van der Waals surface area contributed by atoms with Crippen LogP contribution in [0.3, 0.4) is 0 Å². The van der Waals surface area contributed by atoms with E-state index in [2.05, 4.69) is 22.4 Å². The Balaban J connectivity index is 1.49. The fraction of sp³-hybridized carbons (Fsp3) is 0.556. The number of fused-ring (bicyclic) bond motifs is 1. The quantitative estimate of drug-likeness (QED) is 0.677. The van der Waals surface area contributed by atoms with E-state index in [0.29, 0.717) is 28.6 Å². The predicted octanol–water partition coefficient (Wildman–Crippen LogP) is 4.45. The normalized spacial score (nSPS) is 20.5. The van der Waals surface area contributed by atoms with Gasteiger partial charge in [-0.25, -0.2) is 4.68 Å². The highest BCUT2D eigenvalue weighted by Gasteiger charge is 2.26. The summed E-state index contributed by atoms with van der Waals surface area (Å²) in [5, 5.41) is 14.0. The third-order valence-electron chi connectivity index (χ3n) is 5.06. The van der Waals surface area contributed by atoms with Crippen LogP contribution in [0.4, 0.5) is 5.69 Å². The van der Waals surface area contributed by atoms with Gasteiger partial charge < -0.3 is 4.90 Å². The van der Waals surface area contributed by atoms with E-state index in [0.717, 1.165) is 35.0 Å². The largest absolute Gasteiger partial charge is 0.310 e. The zero-order chi connectivity index (χ0) is 18.8. The Hall–Kier alpha value is -1.25. The number of carbonyl (C=O) groups excluding carboxylic acids is 1. The molecule has 1 amide bonds. The third kappa shape index (κ3) is 4.27. The lowest BCUT2D eigenvalue weighted by Gasteiger charge is -2.22. The molecule has 27 heavy (non-hydrogen) atoms. The minimum Gasteiger partial charge on any atom is -0.310 e. The monoisotopic (exact) mass is 423 g/mol. The van der Waals surface area contributed by atoms with Crippen LogP contribution in [-0.2, 0) is 4.79 Å². The number of nitrogens with zero attached hydrogens (tertiary/aromatic N) is 5. The Morgan fingerprint density at radius 2 is 2.15 bits per heavy atom. The van der Waals surface area contributed by atoms with Crippen LogP contribution in [-0.4, -0.2) is 43.7 Å². The minimum atomic E-state index is 0.0687. The van der Waals surface area contributed by atoms with Gasteiger partial charge in [0.05, 0.1) is 17.5 Å². The zero-order valence-electron chi connectivity index (χ0n) is 15.2. The average molecular weight is 424 g/mol. The molecule has 1 unspecified atom stereocenters. The van der Waals surface area contributed by atoms with Crippen LogP contribution in [0.25, 0.3) is 0 Å². The summed E-state index contributed by atoms with van der Waals surface area (Å²) in [5.74, 6) is 0.386. The number of hydrogen-bond acceptors (Lipinski definition) is 6. The summed E-state index contributed by atoms with van der Waals surface area (Å²) in [6.07, 6.45) is 5.61. The summed E-state index contributed by atoms with van der Waals surface area (Å²) in [6, 6.07) is 6.16. The lowest BCUT2D eigenvalue weighted by atomic mass is 10.2. The molecule has 2 aliphatic rings. The van der Waals surface area contributed by atoms with E-state index in [9.17, 15) is 4.79 Å². The number of hydrogen-bond donors (Lipinski definition) is 0. The Morgan fingerprint density at radius 3 is 2.96 bits per heavy atom. The molecule has 1 fully saturated rings. The second-order valence-electron chi connectivity index (χ2n) is 7.01. The van der Waals surface area contributed by atoms with Crippen LogP contribution in [0.5, 0.6) is 0 Å². The first-order valence-electron chi connectivity index (χ1n) is 9.29. The number of benzene rings is 1. The molecule has 1 aromatic heterocycles. The van der Waals surface area contributed by atoms with Gasteiger partial charge in [-0.15, -0.1) is 16.9 Å². The number of rotatable bonds is 4. The van der Waals surface area contributed by atoms with Crippen molar-refractivity contribution < 1.29 is 4.79 Å². The molecule has 2 aromatic rings. The van der Waals surface area contributed by atoms with Gasteiger partial charge in [-0.2, -0.15) is 0 Å². The summed E-state index contributed by atoms with van der Waals surface area (Å²) < 4.78 is 1.90. The minimum absolute atomic E-state index is 0.0687. The molecule has 1 aliphatic heterocycles. The Labute approximate surface area is 172 Å². The van der Waals surface area contributed by atoms with Gasteiger partial charge in [0.25, 0.3) is 0 Å². The number of tetrazole rings is 1. The topological polar surface area (TPSA) is 63.9 Å². The summed E-state index contributed by atoms with van der Waals surface area (Å²) in [6.45, 7) is 2.90. The van der Waals surface area contributed by atoms with Gasteiger partial charge in [0.15, 0.2) is 0 Å². The second-order valence-corrected chi connectivity index (χ2v) is 9.87. The lowest BCUT2D eigenvalue weighted by Crippen LogP contribution is -2.33. The molecule has 9 heteroatoms. The molecular formula is C18H22ClN5OS2. The van der Waals surface area contributed by atoms with E-state index < -0.39 is 0 Å². The maximum absolute atomic E-state index is 13.0. The van der Waals surface area contributed by atoms with Gasteiger partial charge in [-0.3, -0.25) is 4.79 Å². The van der Waals surface area contributed by atoms with E-state index in [4.69, 9.17) is 11.6 Å². The van der Waals surface area contributed by atoms with Crippen molar-refractivity contribution in [3.05, 3.63) is 23.2 Å². The van der Waals surface area contributed by atoms with Gasteiger partial charge in [0, 0.05) is 21.7 Å². The second kappa shape index (κ2) is 8.41. The molecule has 144 valence electrons. The number of carbonyl (C=O) groups is 1. The molecule has 0 spiro atoms. The highest BCUT2D eigenvalue weighted by Crippen LogP contribution is 2.39. The number of thioether (sulfide) groups is 2. The summed E-state index contributed by atoms with van der Waals surface area (Å²) in [7, 11) is 0. The zero-order valence-corrected chi connectivity index (χ0v) is 17.6. The SMILES string of the molecule is CC1CCN(C(=O)CSc2nnnn2C2CCCC2)c2cc(Cl)ccc2S1. The number of aromatic nitrogens is 4. The summed E-state index contributed by atoms with van der Waals surface area (Å²) in [4.78, 5) is 16.0. The third-order valence-corrected chi connectivity index (χ3v) is 7.45. The summed E-state index contributed by atoms with van der Waals surface area (Å²) in [5.41, 5.74) is 0.915. The number of anilines is 1. The van der Waals surface area contributed by atoms with Crippen LogP contribution < -0.4 is 4.90 Å². The van der Waals surface area contributed by atoms with Gasteiger partial charge in [0.2, 0.25) is 11.1 Å². The molecule has 0 N–H and O–H groups in total. The molecule has 0 radical (unpaired) electrons. The molecule has 0 bridgehead atoms. The fourth-order valence-corrected chi connectivity index (χ4v) is 5.71. The van der Waals surface area contributed by atoms with Crippen molar-refractivity contribution in [2.24, 2.45) is 0 Å². The van der Waals surface area contributed by atoms with Crippen LogP contribution >= 0.6 is 35.1 Å². The van der Waals surface area contributed by atoms with Crippen LogP contribution in [0.1, 0.15) is 45.1 Å². The fourth-order valence-electron chi connectivity index (χ4n) is 3.63. The summed E-state index contributed by atoms with van der Waals surface area (Å²) >= 11 is 9.43. The molecule has 2 heterocycles. The molecule has 1 atom stereocenters. The van der Waals surface area contributed by atoms with E-state index in [1.807, 2.05) is 27.8 Å². The Morgan fingerprint density at radius 1 is 1.33 bits per heavy atom. The van der Waals surface area contributed by atoms with E-state index in [1.54, 1.807) is 11.8 Å². The Bertz CT molecular complexity index is 824. The maximum Gasteiger partial charge on any atom is 0.237 e. The average Bonchev–Trinajstić information content (AvgIpc) is 3.30. The molecule has 1 aromatic carbocycles. The Kier molecular flexibility index (Phi) is 5.94. The number of amides is 1. The van der Waals surface area contributed by atoms with Crippen molar-refractivity contribution in [1.82, 2.24) is 20.2 Å². The smallest absolute Gasteiger partial charge is 0.237 e. The van der Waals surface area contributed by atoms with Crippen molar-refractivity contribution in [3.8, 4) is 0 Å². The molecule has 4 rings (SSSR count). The van der Waals surface area contributed by atoms with Crippen LogP contribution in [0, 0.1) is 0 Å². The van der Waals surface area contributed by atoms with Crippen LogP contribution in [0.2, 0.25) is 5.02 Å². The van der Waals surface area contributed by atoms with Gasteiger partial charge in [-0.1, -0.05) is 43.1 Å². The first kappa shape index (κ1) is 19.1. The first-order valence-corrected chi connectivity index (χ1v) is 11.5. The molecule has 1 saturated carbocycles. The highest BCUT2D eigenvalue weighted by molar-refractivity contribution is 8.00. The molecule has 6 nitrogen and oxygen atoms in total. The lowest BCUT2D eigenvalue weighted by molar-refractivity contribution is -0.116. The van der Waals surface area contributed by atoms with E-state index >= 15 is 0 Å². The molecule has 0 saturated heterocycles. The van der Waals surface area contributed by atoms with Gasteiger partial charge >= 0.3 is 0 Å². The first-order chi connectivity index (χ1) is 13.1. The van der Waals surface area contributed by atoms with Gasteiger partial charge in [-0.05, 0) is 47.9 Å². The predicted molar refractivity (Wildman–Crippen MR) is 110 cm³/mol. The van der Waals surface area contributed by atoms with Crippen molar-refractivity contribution in [2.75, 3.05) is 17.2 Å². The maximum atomic E-state index is 13.0. The van der Waals surface area contributed by atoms with E-state index in [1.165, 1.54) is 24.6 Å².